The molecule has 0 spiro atoms. The minimum absolute atomic E-state index is 0.0573. The first-order valence-electron chi connectivity index (χ1n) is 6.43. The van der Waals surface area contributed by atoms with Crippen LogP contribution in [-0.4, -0.2) is 19.4 Å². The van der Waals surface area contributed by atoms with Crippen molar-refractivity contribution < 1.29 is 0 Å². The van der Waals surface area contributed by atoms with E-state index in [1.54, 1.807) is 6.07 Å². The summed E-state index contributed by atoms with van der Waals surface area (Å²) < 4.78 is 0. The number of halogens is 1. The molecule has 1 aromatic rings. The summed E-state index contributed by atoms with van der Waals surface area (Å²) in [4.78, 5) is 2.21. The van der Waals surface area contributed by atoms with Crippen LogP contribution >= 0.6 is 11.6 Å². The number of nitrogen functional groups attached to an aromatic ring is 1. The third kappa shape index (κ3) is 2.96. The van der Waals surface area contributed by atoms with Crippen molar-refractivity contribution in [3.8, 4) is 0 Å². The van der Waals surface area contributed by atoms with E-state index in [0.29, 0.717) is 10.6 Å². The minimum atomic E-state index is 0.0573. The number of anilines is 1. The molecule has 98 valence electrons. The van der Waals surface area contributed by atoms with Crippen LogP contribution in [0.4, 0.5) is 5.69 Å². The largest absolute Gasteiger partial charge is 0.384 e. The van der Waals surface area contributed by atoms with Gasteiger partial charge in [0.15, 0.2) is 0 Å². The maximum atomic E-state index is 7.40. The summed E-state index contributed by atoms with van der Waals surface area (Å²) in [5.74, 6) is 0.848. The molecule has 3 N–H and O–H groups in total. The van der Waals surface area contributed by atoms with Crippen LogP contribution in [0.2, 0.25) is 5.02 Å². The van der Waals surface area contributed by atoms with Gasteiger partial charge in [0.1, 0.15) is 5.84 Å². The van der Waals surface area contributed by atoms with Crippen molar-refractivity contribution >= 4 is 23.1 Å². The SMILES string of the molecule is CN(CC1CCCC1)c1ccc(C(=N)N)cc1Cl. The van der Waals surface area contributed by atoms with Gasteiger partial charge in [-0.3, -0.25) is 5.41 Å². The maximum absolute atomic E-state index is 7.40. The molecule has 4 heteroatoms. The standard InChI is InChI=1S/C14H20ClN3/c1-18(9-10-4-2-3-5-10)13-7-6-11(14(16)17)8-12(13)15/h6-8,10H,2-5,9H2,1H3,(H3,16,17). The lowest BCUT2D eigenvalue weighted by Crippen LogP contribution is -2.24. The highest BCUT2D eigenvalue weighted by Crippen LogP contribution is 2.30. The molecule has 1 aliphatic rings. The first-order chi connectivity index (χ1) is 8.58. The Balaban J connectivity index is 2.09. The summed E-state index contributed by atoms with van der Waals surface area (Å²) in [6.45, 7) is 1.05. The highest BCUT2D eigenvalue weighted by Gasteiger charge is 2.18. The molecule has 2 rings (SSSR count). The highest BCUT2D eigenvalue weighted by molar-refractivity contribution is 6.33. The van der Waals surface area contributed by atoms with E-state index in [9.17, 15) is 0 Å². The summed E-state index contributed by atoms with van der Waals surface area (Å²) in [7, 11) is 2.08. The van der Waals surface area contributed by atoms with E-state index in [1.165, 1.54) is 25.7 Å². The van der Waals surface area contributed by atoms with Crippen molar-refractivity contribution in [1.29, 1.82) is 5.41 Å². The maximum Gasteiger partial charge on any atom is 0.122 e. The average molecular weight is 266 g/mol. The Bertz CT molecular complexity index is 439. The third-order valence-corrected chi connectivity index (χ3v) is 3.98. The van der Waals surface area contributed by atoms with E-state index >= 15 is 0 Å². The van der Waals surface area contributed by atoms with Crippen LogP contribution in [0.15, 0.2) is 18.2 Å². The Hall–Kier alpha value is -1.22. The molecule has 0 saturated heterocycles. The fourth-order valence-electron chi connectivity index (χ4n) is 2.66. The lowest BCUT2D eigenvalue weighted by atomic mass is 10.1. The first kappa shape index (κ1) is 13.2. The van der Waals surface area contributed by atoms with Gasteiger partial charge in [0.05, 0.1) is 10.7 Å². The average Bonchev–Trinajstić information content (AvgIpc) is 2.81. The van der Waals surface area contributed by atoms with Gasteiger partial charge in [0.2, 0.25) is 0 Å². The summed E-state index contributed by atoms with van der Waals surface area (Å²) >= 11 is 6.26. The summed E-state index contributed by atoms with van der Waals surface area (Å²) in [6, 6.07) is 5.58. The quantitative estimate of drug-likeness (QED) is 0.649. The van der Waals surface area contributed by atoms with Crippen LogP contribution in [-0.2, 0) is 0 Å². The smallest absolute Gasteiger partial charge is 0.122 e. The lowest BCUT2D eigenvalue weighted by molar-refractivity contribution is 0.547. The lowest BCUT2D eigenvalue weighted by Gasteiger charge is -2.24. The monoisotopic (exact) mass is 265 g/mol. The molecule has 0 atom stereocenters. The van der Waals surface area contributed by atoms with E-state index < -0.39 is 0 Å². The Labute approximate surface area is 113 Å². The van der Waals surface area contributed by atoms with Crippen LogP contribution < -0.4 is 10.6 Å². The molecule has 0 radical (unpaired) electrons. The van der Waals surface area contributed by atoms with E-state index in [2.05, 4.69) is 11.9 Å². The van der Waals surface area contributed by atoms with Crippen molar-refractivity contribution in [2.24, 2.45) is 11.7 Å². The van der Waals surface area contributed by atoms with Crippen molar-refractivity contribution in [1.82, 2.24) is 0 Å². The van der Waals surface area contributed by atoms with Gasteiger partial charge in [0, 0.05) is 19.2 Å². The number of nitrogens with zero attached hydrogens (tertiary/aromatic N) is 1. The van der Waals surface area contributed by atoms with Crippen LogP contribution in [0.3, 0.4) is 0 Å². The second-order valence-corrected chi connectivity index (χ2v) is 5.52. The van der Waals surface area contributed by atoms with Gasteiger partial charge in [-0.25, -0.2) is 0 Å². The molecule has 1 aromatic carbocycles. The van der Waals surface area contributed by atoms with Crippen LogP contribution in [0.5, 0.6) is 0 Å². The summed E-state index contributed by atoms with van der Waals surface area (Å²) in [6.07, 6.45) is 5.37. The summed E-state index contributed by atoms with van der Waals surface area (Å²) in [5.41, 5.74) is 7.15. The highest BCUT2D eigenvalue weighted by atomic mass is 35.5. The van der Waals surface area contributed by atoms with Gasteiger partial charge < -0.3 is 10.6 Å². The van der Waals surface area contributed by atoms with Crippen molar-refractivity contribution in [3.63, 3.8) is 0 Å². The van der Waals surface area contributed by atoms with Crippen molar-refractivity contribution in [2.75, 3.05) is 18.5 Å². The fraction of sp³-hybridized carbons (Fsp3) is 0.500. The fourth-order valence-corrected chi connectivity index (χ4v) is 2.99. The molecular weight excluding hydrogens is 246 g/mol. The number of rotatable bonds is 4. The first-order valence-corrected chi connectivity index (χ1v) is 6.81. The molecule has 0 bridgehead atoms. The number of hydrogen-bond donors (Lipinski definition) is 2. The Morgan fingerprint density at radius 1 is 1.44 bits per heavy atom. The van der Waals surface area contributed by atoms with Crippen LogP contribution in [0.25, 0.3) is 0 Å². The molecule has 1 aliphatic carbocycles. The van der Waals surface area contributed by atoms with E-state index in [1.807, 2.05) is 12.1 Å². The normalized spacial score (nSPS) is 15.9. The second-order valence-electron chi connectivity index (χ2n) is 5.11. The van der Waals surface area contributed by atoms with E-state index in [4.69, 9.17) is 22.7 Å². The molecule has 18 heavy (non-hydrogen) atoms. The molecule has 0 heterocycles. The van der Waals surface area contributed by atoms with Gasteiger partial charge in [0.25, 0.3) is 0 Å². The van der Waals surface area contributed by atoms with Gasteiger partial charge in [-0.2, -0.15) is 0 Å². The molecule has 1 saturated carbocycles. The van der Waals surface area contributed by atoms with Gasteiger partial charge >= 0.3 is 0 Å². The number of hydrogen-bond acceptors (Lipinski definition) is 2. The molecule has 0 aliphatic heterocycles. The van der Waals surface area contributed by atoms with Gasteiger partial charge in [-0.1, -0.05) is 24.4 Å². The zero-order valence-corrected chi connectivity index (χ0v) is 11.5. The van der Waals surface area contributed by atoms with Crippen LogP contribution in [0, 0.1) is 11.3 Å². The van der Waals surface area contributed by atoms with E-state index in [0.717, 1.165) is 18.2 Å². The number of benzene rings is 1. The third-order valence-electron chi connectivity index (χ3n) is 3.68. The zero-order valence-electron chi connectivity index (χ0n) is 10.7. The molecular formula is C14H20ClN3. The molecule has 1 fully saturated rings. The Morgan fingerprint density at radius 2 is 2.11 bits per heavy atom. The zero-order chi connectivity index (χ0) is 13.1. The number of nitrogens with one attached hydrogen (secondary N) is 1. The predicted octanol–water partition coefficient (Wildman–Crippen LogP) is 3.25. The van der Waals surface area contributed by atoms with Crippen molar-refractivity contribution in [3.05, 3.63) is 28.8 Å². The van der Waals surface area contributed by atoms with Crippen LogP contribution in [0.1, 0.15) is 31.2 Å². The van der Waals surface area contributed by atoms with E-state index in [-0.39, 0.29) is 5.84 Å². The van der Waals surface area contributed by atoms with Gasteiger partial charge in [-0.05, 0) is 37.0 Å². The van der Waals surface area contributed by atoms with Gasteiger partial charge in [-0.15, -0.1) is 0 Å². The summed E-state index contributed by atoms with van der Waals surface area (Å²) in [5, 5.41) is 8.07. The predicted molar refractivity (Wildman–Crippen MR) is 77.7 cm³/mol. The minimum Gasteiger partial charge on any atom is -0.384 e. The Morgan fingerprint density at radius 3 is 2.67 bits per heavy atom. The van der Waals surface area contributed by atoms with Crippen molar-refractivity contribution in [2.45, 2.75) is 25.7 Å². The molecule has 3 nitrogen and oxygen atoms in total. The topological polar surface area (TPSA) is 53.1 Å². The second kappa shape index (κ2) is 5.61. The number of nitrogens with two attached hydrogens (primary N) is 1. The Kier molecular flexibility index (Phi) is 4.12. The number of amidine groups is 1. The molecule has 0 unspecified atom stereocenters. The molecule has 0 amide bonds. The molecule has 0 aromatic heterocycles.